The fourth-order valence-corrected chi connectivity index (χ4v) is 3.68. The molecule has 108 valence electrons. The zero-order chi connectivity index (χ0) is 14.2. The van der Waals surface area contributed by atoms with E-state index in [4.69, 9.17) is 10.5 Å². The Morgan fingerprint density at radius 3 is 3.05 bits per heavy atom. The van der Waals surface area contributed by atoms with Gasteiger partial charge in [0.25, 0.3) is 0 Å². The minimum atomic E-state index is -3.52. The molecule has 0 amide bonds. The van der Waals surface area contributed by atoms with Gasteiger partial charge < -0.3 is 15.5 Å². The number of nitrogen functional groups attached to an aromatic ring is 1. The van der Waals surface area contributed by atoms with Crippen LogP contribution in [0.3, 0.4) is 0 Å². The Balaban J connectivity index is 1.85. The number of H-pyrrole nitrogens is 1. The second-order valence-corrected chi connectivity index (χ2v) is 6.77. The number of anilines is 1. The first kappa shape index (κ1) is 13.4. The Bertz CT molecular complexity index is 718. The van der Waals surface area contributed by atoms with Crippen LogP contribution in [0.15, 0.2) is 29.3 Å². The first-order chi connectivity index (χ1) is 9.56. The van der Waals surface area contributed by atoms with Crippen LogP contribution in [0.25, 0.3) is 10.9 Å². The van der Waals surface area contributed by atoms with Gasteiger partial charge in [-0.3, -0.25) is 0 Å². The summed E-state index contributed by atoms with van der Waals surface area (Å²) >= 11 is 0. The summed E-state index contributed by atoms with van der Waals surface area (Å²) < 4.78 is 32.6. The van der Waals surface area contributed by atoms with Gasteiger partial charge in [0.05, 0.1) is 6.61 Å². The highest BCUT2D eigenvalue weighted by Gasteiger charge is 2.22. The molecule has 1 aromatic heterocycles. The summed E-state index contributed by atoms with van der Waals surface area (Å²) in [6.07, 6.45) is 2.39. The molecule has 3 rings (SSSR count). The summed E-state index contributed by atoms with van der Waals surface area (Å²) in [7, 11) is -3.52. The number of nitrogens with two attached hydrogens (primary N) is 1. The maximum atomic E-state index is 12.3. The van der Waals surface area contributed by atoms with Crippen LogP contribution in [0.1, 0.15) is 6.42 Å². The van der Waals surface area contributed by atoms with Crippen LogP contribution < -0.4 is 10.5 Å². The zero-order valence-corrected chi connectivity index (χ0v) is 11.7. The summed E-state index contributed by atoms with van der Waals surface area (Å²) in [6.45, 7) is 1.73. The lowest BCUT2D eigenvalue weighted by atomic mass is 10.1. The molecule has 1 unspecified atom stereocenters. The number of ether oxygens (including phenoxy) is 1. The van der Waals surface area contributed by atoms with Crippen molar-refractivity contribution in [2.45, 2.75) is 11.3 Å². The van der Waals surface area contributed by atoms with Crippen molar-refractivity contribution in [3.05, 3.63) is 24.4 Å². The normalized spacial score (nSPS) is 19.7. The highest BCUT2D eigenvalue weighted by atomic mass is 32.2. The van der Waals surface area contributed by atoms with Crippen LogP contribution in [-0.2, 0) is 14.8 Å². The van der Waals surface area contributed by atoms with Crippen LogP contribution in [0.5, 0.6) is 0 Å². The van der Waals surface area contributed by atoms with Crippen molar-refractivity contribution in [3.63, 3.8) is 0 Å². The van der Waals surface area contributed by atoms with Crippen molar-refractivity contribution in [1.82, 2.24) is 9.71 Å². The summed E-state index contributed by atoms with van der Waals surface area (Å²) in [5.74, 6) is 0.255. The van der Waals surface area contributed by atoms with Gasteiger partial charge in [-0.25, -0.2) is 13.1 Å². The van der Waals surface area contributed by atoms with Gasteiger partial charge in [0, 0.05) is 35.9 Å². The molecule has 7 heteroatoms. The Morgan fingerprint density at radius 1 is 1.45 bits per heavy atom. The van der Waals surface area contributed by atoms with E-state index < -0.39 is 10.0 Å². The first-order valence-corrected chi connectivity index (χ1v) is 7.98. The summed E-state index contributed by atoms with van der Waals surface area (Å²) in [6, 6.07) is 5.13. The smallest absolute Gasteiger partial charge is 0.242 e. The molecule has 1 saturated heterocycles. The first-order valence-electron chi connectivity index (χ1n) is 6.50. The van der Waals surface area contributed by atoms with Gasteiger partial charge in [-0.2, -0.15) is 0 Å². The third kappa shape index (κ3) is 2.52. The van der Waals surface area contributed by atoms with E-state index >= 15 is 0 Å². The van der Waals surface area contributed by atoms with E-state index in [0.29, 0.717) is 30.8 Å². The van der Waals surface area contributed by atoms with Crippen LogP contribution >= 0.6 is 0 Å². The molecule has 1 fully saturated rings. The number of fused-ring (bicyclic) bond motifs is 1. The minimum absolute atomic E-state index is 0.255. The highest BCUT2D eigenvalue weighted by molar-refractivity contribution is 7.89. The maximum Gasteiger partial charge on any atom is 0.242 e. The predicted molar refractivity (Wildman–Crippen MR) is 76.8 cm³/mol. The van der Waals surface area contributed by atoms with Gasteiger partial charge in [0.15, 0.2) is 0 Å². The summed E-state index contributed by atoms with van der Waals surface area (Å²) in [5, 5.41) is 0.648. The van der Waals surface area contributed by atoms with E-state index in [-0.39, 0.29) is 10.8 Å². The molecule has 0 spiro atoms. The molecule has 6 nitrogen and oxygen atoms in total. The van der Waals surface area contributed by atoms with E-state index in [0.717, 1.165) is 11.9 Å². The van der Waals surface area contributed by atoms with Crippen molar-refractivity contribution >= 4 is 26.6 Å². The predicted octanol–water partition coefficient (Wildman–Crippen LogP) is 1.06. The summed E-state index contributed by atoms with van der Waals surface area (Å²) in [5.41, 5.74) is 7.00. The van der Waals surface area contributed by atoms with E-state index in [1.54, 1.807) is 18.2 Å². The quantitative estimate of drug-likeness (QED) is 0.735. The molecule has 0 saturated carbocycles. The fraction of sp³-hybridized carbons (Fsp3) is 0.385. The lowest BCUT2D eigenvalue weighted by Gasteiger charge is -2.09. The maximum absolute atomic E-state index is 12.3. The van der Waals surface area contributed by atoms with Crippen molar-refractivity contribution in [1.29, 1.82) is 0 Å². The van der Waals surface area contributed by atoms with Crippen LogP contribution in [0, 0.1) is 5.92 Å². The fourth-order valence-electron chi connectivity index (χ4n) is 2.39. The highest BCUT2D eigenvalue weighted by Crippen LogP contribution is 2.24. The average Bonchev–Trinajstić information content (AvgIpc) is 3.05. The number of rotatable bonds is 4. The van der Waals surface area contributed by atoms with Gasteiger partial charge in [-0.05, 0) is 30.5 Å². The van der Waals surface area contributed by atoms with Crippen LogP contribution in [0.4, 0.5) is 5.69 Å². The molecule has 20 heavy (non-hydrogen) atoms. The number of hydrogen-bond acceptors (Lipinski definition) is 4. The van der Waals surface area contributed by atoms with Gasteiger partial charge in [0.1, 0.15) is 4.90 Å². The van der Waals surface area contributed by atoms with Crippen molar-refractivity contribution < 1.29 is 13.2 Å². The molecule has 1 atom stereocenters. The third-order valence-electron chi connectivity index (χ3n) is 3.54. The topological polar surface area (TPSA) is 97.2 Å². The second-order valence-electron chi connectivity index (χ2n) is 5.04. The number of aromatic amines is 1. The number of aromatic nitrogens is 1. The molecule has 2 aromatic rings. The molecule has 4 N–H and O–H groups in total. The zero-order valence-electron chi connectivity index (χ0n) is 10.9. The molecule has 1 aliphatic heterocycles. The molecule has 0 radical (unpaired) electrons. The van der Waals surface area contributed by atoms with Crippen molar-refractivity contribution in [2.75, 3.05) is 25.5 Å². The van der Waals surface area contributed by atoms with E-state index in [2.05, 4.69) is 9.71 Å². The lowest BCUT2D eigenvalue weighted by molar-refractivity contribution is 0.186. The Hall–Kier alpha value is -1.57. The SMILES string of the molecule is Nc1ccc2c(S(=O)(=O)NCC3CCOC3)c[nH]c2c1. The van der Waals surface area contributed by atoms with Gasteiger partial charge in [0.2, 0.25) is 10.0 Å². The molecule has 2 heterocycles. The Kier molecular flexibility index (Phi) is 3.41. The number of sulfonamides is 1. The van der Waals surface area contributed by atoms with Gasteiger partial charge in [-0.1, -0.05) is 0 Å². The second kappa shape index (κ2) is 5.08. The molecular weight excluding hydrogens is 278 g/mol. The number of hydrogen-bond donors (Lipinski definition) is 3. The van der Waals surface area contributed by atoms with Gasteiger partial charge >= 0.3 is 0 Å². The third-order valence-corrected chi connectivity index (χ3v) is 5.01. The summed E-state index contributed by atoms with van der Waals surface area (Å²) in [4.78, 5) is 3.20. The van der Waals surface area contributed by atoms with E-state index in [9.17, 15) is 8.42 Å². The molecule has 0 bridgehead atoms. The Labute approximate surface area is 117 Å². The van der Waals surface area contributed by atoms with Gasteiger partial charge in [-0.15, -0.1) is 0 Å². The molecule has 0 aliphatic carbocycles. The Morgan fingerprint density at radius 2 is 2.30 bits per heavy atom. The van der Waals surface area contributed by atoms with Crippen LogP contribution in [-0.4, -0.2) is 33.2 Å². The minimum Gasteiger partial charge on any atom is -0.399 e. The largest absolute Gasteiger partial charge is 0.399 e. The van der Waals surface area contributed by atoms with Crippen molar-refractivity contribution in [2.24, 2.45) is 5.92 Å². The molecular formula is C13H17N3O3S. The number of benzene rings is 1. The molecule has 1 aromatic carbocycles. The average molecular weight is 295 g/mol. The van der Waals surface area contributed by atoms with E-state index in [1.165, 1.54) is 6.20 Å². The van der Waals surface area contributed by atoms with E-state index in [1.807, 2.05) is 0 Å². The number of nitrogens with one attached hydrogen (secondary N) is 2. The monoisotopic (exact) mass is 295 g/mol. The van der Waals surface area contributed by atoms with Crippen LogP contribution in [0.2, 0.25) is 0 Å². The standard InChI is InChI=1S/C13H17N3O3S/c14-10-1-2-11-12(5-10)15-7-13(11)20(17,18)16-6-9-3-4-19-8-9/h1-2,5,7,9,15-16H,3-4,6,8,14H2. The lowest BCUT2D eigenvalue weighted by Crippen LogP contribution is -2.29. The molecule has 1 aliphatic rings. The van der Waals surface area contributed by atoms with Crippen molar-refractivity contribution in [3.8, 4) is 0 Å².